The van der Waals surface area contributed by atoms with Gasteiger partial charge >= 0.3 is 0 Å². The second-order valence-corrected chi connectivity index (χ2v) is 5.44. The lowest BCUT2D eigenvalue weighted by Gasteiger charge is -2.26. The minimum atomic E-state index is 0.249. The van der Waals surface area contributed by atoms with Crippen LogP contribution in [0.3, 0.4) is 0 Å². The normalized spacial score (nSPS) is 16.3. The topological polar surface area (TPSA) is 46.3 Å². The average molecular weight is 260 g/mol. The van der Waals surface area contributed by atoms with Crippen molar-refractivity contribution in [2.24, 2.45) is 5.92 Å². The molecule has 2 rings (SSSR count). The third-order valence-corrected chi connectivity index (χ3v) is 4.01. The number of nitrogens with zero attached hydrogens (tertiary/aromatic N) is 1. The molecular weight excluding hydrogens is 236 g/mol. The van der Waals surface area contributed by atoms with Crippen molar-refractivity contribution in [3.8, 4) is 0 Å². The SMILES string of the molecule is CCN(C(=O)CC1CCCCC1)c1ccc(N)cc1. The monoisotopic (exact) mass is 260 g/mol. The molecule has 0 saturated heterocycles. The summed E-state index contributed by atoms with van der Waals surface area (Å²) in [6.07, 6.45) is 7.02. The second-order valence-electron chi connectivity index (χ2n) is 5.44. The van der Waals surface area contributed by atoms with Gasteiger partial charge < -0.3 is 10.6 Å². The minimum Gasteiger partial charge on any atom is -0.399 e. The zero-order chi connectivity index (χ0) is 13.7. The predicted octanol–water partition coefficient (Wildman–Crippen LogP) is 3.59. The van der Waals surface area contributed by atoms with E-state index in [1.165, 1.54) is 32.1 Å². The summed E-state index contributed by atoms with van der Waals surface area (Å²) in [7, 11) is 0. The first-order valence-electron chi connectivity index (χ1n) is 7.36. The summed E-state index contributed by atoms with van der Waals surface area (Å²) >= 11 is 0. The van der Waals surface area contributed by atoms with Crippen LogP contribution in [0.15, 0.2) is 24.3 Å². The maximum Gasteiger partial charge on any atom is 0.227 e. The van der Waals surface area contributed by atoms with E-state index in [9.17, 15) is 4.79 Å². The number of amides is 1. The fourth-order valence-corrected chi connectivity index (χ4v) is 2.91. The van der Waals surface area contributed by atoms with Crippen molar-refractivity contribution >= 4 is 17.3 Å². The number of rotatable bonds is 4. The Balaban J connectivity index is 2.00. The Morgan fingerprint density at radius 3 is 2.42 bits per heavy atom. The van der Waals surface area contributed by atoms with Gasteiger partial charge in [0.15, 0.2) is 0 Å². The van der Waals surface area contributed by atoms with Gasteiger partial charge in [0.1, 0.15) is 0 Å². The Morgan fingerprint density at radius 2 is 1.84 bits per heavy atom. The van der Waals surface area contributed by atoms with Gasteiger partial charge in [0.05, 0.1) is 0 Å². The molecule has 0 aromatic heterocycles. The number of hydrogen-bond acceptors (Lipinski definition) is 2. The lowest BCUT2D eigenvalue weighted by molar-refractivity contribution is -0.119. The number of anilines is 2. The fraction of sp³-hybridized carbons (Fsp3) is 0.562. The third-order valence-electron chi connectivity index (χ3n) is 4.01. The highest BCUT2D eigenvalue weighted by Gasteiger charge is 2.21. The van der Waals surface area contributed by atoms with E-state index < -0.39 is 0 Å². The van der Waals surface area contributed by atoms with E-state index >= 15 is 0 Å². The maximum atomic E-state index is 12.4. The Labute approximate surface area is 115 Å². The quantitative estimate of drug-likeness (QED) is 0.841. The molecule has 1 aliphatic rings. The van der Waals surface area contributed by atoms with Gasteiger partial charge in [0.25, 0.3) is 0 Å². The van der Waals surface area contributed by atoms with Crippen LogP contribution in [0.4, 0.5) is 11.4 Å². The van der Waals surface area contributed by atoms with Gasteiger partial charge in [-0.05, 0) is 49.9 Å². The minimum absolute atomic E-state index is 0.249. The van der Waals surface area contributed by atoms with Crippen LogP contribution in [-0.4, -0.2) is 12.5 Å². The Morgan fingerprint density at radius 1 is 1.21 bits per heavy atom. The van der Waals surface area contributed by atoms with Crippen LogP contribution in [0.1, 0.15) is 45.4 Å². The standard InChI is InChI=1S/C16H24N2O/c1-2-18(15-10-8-14(17)9-11-15)16(19)12-13-6-4-3-5-7-13/h8-11,13H,2-7,12,17H2,1H3. The molecule has 0 aliphatic heterocycles. The summed E-state index contributed by atoms with van der Waals surface area (Å²) in [6.45, 7) is 2.74. The van der Waals surface area contributed by atoms with Crippen LogP contribution in [-0.2, 0) is 4.79 Å². The summed E-state index contributed by atoms with van der Waals surface area (Å²) < 4.78 is 0. The van der Waals surface area contributed by atoms with Gasteiger partial charge in [-0.1, -0.05) is 19.3 Å². The van der Waals surface area contributed by atoms with E-state index in [0.717, 1.165) is 17.9 Å². The first-order valence-corrected chi connectivity index (χ1v) is 7.36. The van der Waals surface area contributed by atoms with Gasteiger partial charge in [-0.15, -0.1) is 0 Å². The lowest BCUT2D eigenvalue weighted by atomic mass is 9.86. The molecule has 1 saturated carbocycles. The number of nitrogen functional groups attached to an aromatic ring is 1. The van der Waals surface area contributed by atoms with E-state index in [4.69, 9.17) is 5.73 Å². The molecule has 0 unspecified atom stereocenters. The largest absolute Gasteiger partial charge is 0.399 e. The molecule has 0 heterocycles. The molecule has 1 aromatic carbocycles. The highest BCUT2D eigenvalue weighted by Crippen LogP contribution is 2.28. The van der Waals surface area contributed by atoms with Gasteiger partial charge in [-0.3, -0.25) is 4.79 Å². The van der Waals surface area contributed by atoms with Crippen molar-refractivity contribution in [2.75, 3.05) is 17.2 Å². The first kappa shape index (κ1) is 13.9. The summed E-state index contributed by atoms with van der Waals surface area (Å²) in [6, 6.07) is 7.56. The van der Waals surface area contributed by atoms with E-state index in [-0.39, 0.29) is 5.91 Å². The number of benzene rings is 1. The molecule has 0 radical (unpaired) electrons. The van der Waals surface area contributed by atoms with E-state index in [0.29, 0.717) is 12.3 Å². The van der Waals surface area contributed by atoms with Gasteiger partial charge in [-0.25, -0.2) is 0 Å². The Kier molecular flexibility index (Phi) is 4.83. The summed E-state index contributed by atoms with van der Waals surface area (Å²) in [5.41, 5.74) is 7.38. The molecule has 104 valence electrons. The van der Waals surface area contributed by atoms with E-state index in [2.05, 4.69) is 0 Å². The summed E-state index contributed by atoms with van der Waals surface area (Å²) in [5, 5.41) is 0. The molecule has 2 N–H and O–H groups in total. The molecule has 19 heavy (non-hydrogen) atoms. The molecule has 0 spiro atoms. The summed E-state index contributed by atoms with van der Waals surface area (Å²) in [5.74, 6) is 0.836. The highest BCUT2D eigenvalue weighted by molar-refractivity contribution is 5.93. The van der Waals surface area contributed by atoms with E-state index in [1.807, 2.05) is 36.1 Å². The third kappa shape index (κ3) is 3.72. The number of carbonyl (C=O) groups excluding carboxylic acids is 1. The van der Waals surface area contributed by atoms with Crippen LogP contribution in [0.25, 0.3) is 0 Å². The average Bonchev–Trinajstić information content (AvgIpc) is 2.43. The number of nitrogens with two attached hydrogens (primary N) is 1. The van der Waals surface area contributed by atoms with Crippen LogP contribution in [0.5, 0.6) is 0 Å². The molecule has 3 heteroatoms. The van der Waals surface area contributed by atoms with Crippen molar-refractivity contribution in [1.29, 1.82) is 0 Å². The smallest absolute Gasteiger partial charge is 0.227 e. The van der Waals surface area contributed by atoms with Gasteiger partial charge in [0.2, 0.25) is 5.91 Å². The number of hydrogen-bond donors (Lipinski definition) is 1. The maximum absolute atomic E-state index is 12.4. The number of carbonyl (C=O) groups is 1. The molecule has 0 atom stereocenters. The molecule has 0 bridgehead atoms. The van der Waals surface area contributed by atoms with Crippen molar-refractivity contribution in [3.05, 3.63) is 24.3 Å². The van der Waals surface area contributed by atoms with Crippen LogP contribution < -0.4 is 10.6 Å². The van der Waals surface area contributed by atoms with Crippen molar-refractivity contribution in [3.63, 3.8) is 0 Å². The van der Waals surface area contributed by atoms with Crippen molar-refractivity contribution in [1.82, 2.24) is 0 Å². The van der Waals surface area contributed by atoms with Crippen molar-refractivity contribution in [2.45, 2.75) is 45.4 Å². The van der Waals surface area contributed by atoms with Crippen LogP contribution >= 0.6 is 0 Å². The van der Waals surface area contributed by atoms with Gasteiger partial charge in [0, 0.05) is 24.3 Å². The molecule has 1 amide bonds. The lowest BCUT2D eigenvalue weighted by Crippen LogP contribution is -2.32. The van der Waals surface area contributed by atoms with E-state index in [1.54, 1.807) is 0 Å². The fourth-order valence-electron chi connectivity index (χ4n) is 2.91. The molecule has 1 aromatic rings. The Bertz CT molecular complexity index is 407. The second kappa shape index (κ2) is 6.60. The molecule has 1 fully saturated rings. The van der Waals surface area contributed by atoms with Crippen molar-refractivity contribution < 1.29 is 4.79 Å². The Hall–Kier alpha value is -1.51. The molecule has 3 nitrogen and oxygen atoms in total. The summed E-state index contributed by atoms with van der Waals surface area (Å²) in [4.78, 5) is 14.3. The molecular formula is C16H24N2O. The van der Waals surface area contributed by atoms with Gasteiger partial charge in [-0.2, -0.15) is 0 Å². The van der Waals surface area contributed by atoms with Crippen LogP contribution in [0.2, 0.25) is 0 Å². The zero-order valence-electron chi connectivity index (χ0n) is 11.8. The highest BCUT2D eigenvalue weighted by atomic mass is 16.2. The zero-order valence-corrected chi connectivity index (χ0v) is 11.8. The predicted molar refractivity (Wildman–Crippen MR) is 80.1 cm³/mol. The van der Waals surface area contributed by atoms with Crippen LogP contribution in [0, 0.1) is 5.92 Å². The first-order chi connectivity index (χ1) is 9.20. The molecule has 1 aliphatic carbocycles.